The third-order valence-corrected chi connectivity index (χ3v) is 7.51. The van der Waals surface area contributed by atoms with E-state index in [1.54, 1.807) is 4.90 Å². The summed E-state index contributed by atoms with van der Waals surface area (Å²) in [6.45, 7) is 1.52. The molecule has 0 unspecified atom stereocenters. The summed E-state index contributed by atoms with van der Waals surface area (Å²) in [4.78, 5) is 55.5. The number of hydrogen-bond donors (Lipinski definition) is 3. The van der Waals surface area contributed by atoms with E-state index in [-0.39, 0.29) is 30.7 Å². The van der Waals surface area contributed by atoms with Crippen LogP contribution >= 0.6 is 0 Å². The maximum atomic E-state index is 13.6. The molecule has 2 aliphatic heterocycles. The second kappa shape index (κ2) is 12.7. The minimum atomic E-state index is -0.972. The molecule has 9 nitrogen and oxygen atoms in total. The Kier molecular flexibility index (Phi) is 9.12. The Morgan fingerprint density at radius 2 is 1.55 bits per heavy atom. The summed E-state index contributed by atoms with van der Waals surface area (Å²) < 4.78 is 0. The first kappa shape index (κ1) is 27.3. The highest BCUT2D eigenvalue weighted by Crippen LogP contribution is 2.29. The van der Waals surface area contributed by atoms with Crippen molar-refractivity contribution in [3.05, 3.63) is 71.8 Å². The third kappa shape index (κ3) is 6.77. The topological polar surface area (TPSA) is 125 Å². The van der Waals surface area contributed by atoms with Gasteiger partial charge in [0.2, 0.25) is 23.6 Å². The Balaban J connectivity index is 1.52. The van der Waals surface area contributed by atoms with Crippen molar-refractivity contribution in [1.29, 1.82) is 0 Å². The van der Waals surface area contributed by atoms with E-state index in [1.165, 1.54) is 0 Å². The van der Waals surface area contributed by atoms with Crippen LogP contribution in [-0.2, 0) is 19.2 Å². The molecule has 2 aromatic rings. The van der Waals surface area contributed by atoms with Gasteiger partial charge in [0.05, 0.1) is 6.04 Å². The number of amides is 4. The predicted molar refractivity (Wildman–Crippen MR) is 144 cm³/mol. The first-order chi connectivity index (χ1) is 18.3. The number of benzene rings is 2. The molecular formula is C29H37N5O4. The van der Waals surface area contributed by atoms with Gasteiger partial charge in [-0.2, -0.15) is 0 Å². The number of nitrogens with one attached hydrogen (secondary N) is 2. The molecule has 0 bridgehead atoms. The van der Waals surface area contributed by atoms with Gasteiger partial charge >= 0.3 is 0 Å². The minimum absolute atomic E-state index is 0.0134. The summed E-state index contributed by atoms with van der Waals surface area (Å²) >= 11 is 0. The molecule has 202 valence electrons. The molecule has 0 saturated carbocycles. The molecule has 2 aliphatic rings. The van der Waals surface area contributed by atoms with Gasteiger partial charge in [-0.15, -0.1) is 0 Å². The lowest BCUT2D eigenvalue weighted by atomic mass is 9.98. The third-order valence-electron chi connectivity index (χ3n) is 7.51. The van der Waals surface area contributed by atoms with Crippen molar-refractivity contribution in [1.82, 2.24) is 20.4 Å². The highest BCUT2D eigenvalue weighted by Gasteiger charge is 2.42. The molecule has 0 aliphatic carbocycles. The summed E-state index contributed by atoms with van der Waals surface area (Å²) in [5, 5.41) is 5.92. The van der Waals surface area contributed by atoms with Gasteiger partial charge in [-0.1, -0.05) is 60.7 Å². The summed E-state index contributed by atoms with van der Waals surface area (Å²) in [5.74, 6) is -1.36. The molecule has 2 saturated heterocycles. The van der Waals surface area contributed by atoms with E-state index in [0.717, 1.165) is 30.5 Å². The average molecular weight is 520 g/mol. The van der Waals surface area contributed by atoms with E-state index in [1.807, 2.05) is 67.7 Å². The molecule has 4 rings (SSSR count). The van der Waals surface area contributed by atoms with Crippen LogP contribution in [0.1, 0.15) is 55.7 Å². The van der Waals surface area contributed by atoms with Gasteiger partial charge in [-0.25, -0.2) is 0 Å². The smallest absolute Gasteiger partial charge is 0.243 e. The fraction of sp³-hybridized carbons (Fsp3) is 0.448. The molecule has 2 aromatic carbocycles. The van der Waals surface area contributed by atoms with Gasteiger partial charge in [-0.3, -0.25) is 19.2 Å². The quantitative estimate of drug-likeness (QED) is 0.465. The number of rotatable bonds is 9. The van der Waals surface area contributed by atoms with Crippen molar-refractivity contribution in [3.63, 3.8) is 0 Å². The number of primary amides is 1. The predicted octanol–water partition coefficient (Wildman–Crippen LogP) is 1.73. The molecule has 3 atom stereocenters. The van der Waals surface area contributed by atoms with Crippen molar-refractivity contribution in [3.8, 4) is 0 Å². The molecule has 9 heteroatoms. The summed E-state index contributed by atoms with van der Waals surface area (Å²) in [5.41, 5.74) is 7.17. The maximum absolute atomic E-state index is 13.6. The maximum Gasteiger partial charge on any atom is 0.243 e. The highest BCUT2D eigenvalue weighted by molar-refractivity contribution is 5.93. The minimum Gasteiger partial charge on any atom is -0.370 e. The number of nitrogens with zero attached hydrogens (tertiary/aromatic N) is 2. The standard InChI is InChI=1S/C29H37N5O4/c1-33-18-16-22-12-14-24(34(22)26(36)17-19-33)29(38)31-23(13-15-25(30)35)28(37)32-27(20-8-4-2-5-9-20)21-10-6-3-7-11-21/h2-11,22-24,27H,12-19H2,1H3,(H2,30,35)(H,31,38)(H,32,37)/t22-,23+,24+/m1/s1. The van der Waals surface area contributed by atoms with Crippen molar-refractivity contribution < 1.29 is 19.2 Å². The fourth-order valence-corrected chi connectivity index (χ4v) is 5.41. The molecule has 2 fully saturated rings. The van der Waals surface area contributed by atoms with Gasteiger partial charge in [0.25, 0.3) is 0 Å². The van der Waals surface area contributed by atoms with E-state index >= 15 is 0 Å². The molecule has 0 radical (unpaired) electrons. The lowest BCUT2D eigenvalue weighted by molar-refractivity contribution is -0.142. The second-order valence-electron chi connectivity index (χ2n) is 10.2. The molecule has 0 spiro atoms. The molecular weight excluding hydrogens is 482 g/mol. The van der Waals surface area contributed by atoms with Crippen LogP contribution in [0.15, 0.2) is 60.7 Å². The summed E-state index contributed by atoms with van der Waals surface area (Å²) in [7, 11) is 2.00. The van der Waals surface area contributed by atoms with Gasteiger partial charge in [-0.05, 0) is 50.4 Å². The van der Waals surface area contributed by atoms with E-state index < -0.39 is 29.9 Å². The molecule has 4 amide bonds. The first-order valence-electron chi connectivity index (χ1n) is 13.3. The van der Waals surface area contributed by atoms with Crippen molar-refractivity contribution in [2.45, 2.75) is 62.7 Å². The van der Waals surface area contributed by atoms with Crippen LogP contribution in [0.3, 0.4) is 0 Å². The largest absolute Gasteiger partial charge is 0.370 e. The molecule has 2 heterocycles. The van der Waals surface area contributed by atoms with Gasteiger partial charge in [0.15, 0.2) is 0 Å². The monoisotopic (exact) mass is 519 g/mol. The molecule has 4 N–H and O–H groups in total. The zero-order valence-electron chi connectivity index (χ0n) is 21.8. The zero-order valence-corrected chi connectivity index (χ0v) is 21.8. The van der Waals surface area contributed by atoms with Crippen LogP contribution in [0.25, 0.3) is 0 Å². The average Bonchev–Trinajstić information content (AvgIpc) is 3.35. The van der Waals surface area contributed by atoms with E-state index in [2.05, 4.69) is 15.5 Å². The van der Waals surface area contributed by atoms with Crippen LogP contribution in [0, 0.1) is 0 Å². The van der Waals surface area contributed by atoms with Gasteiger partial charge in [0.1, 0.15) is 12.1 Å². The summed E-state index contributed by atoms with van der Waals surface area (Å²) in [6, 6.07) is 17.1. The Morgan fingerprint density at radius 1 is 0.921 bits per heavy atom. The lowest BCUT2D eigenvalue weighted by Crippen LogP contribution is -2.55. The Bertz CT molecular complexity index is 1090. The van der Waals surface area contributed by atoms with Crippen molar-refractivity contribution in [2.75, 3.05) is 20.1 Å². The highest BCUT2D eigenvalue weighted by atomic mass is 16.2. The van der Waals surface area contributed by atoms with Crippen LogP contribution in [-0.4, -0.2) is 71.7 Å². The lowest BCUT2D eigenvalue weighted by Gasteiger charge is -2.34. The van der Waals surface area contributed by atoms with E-state index in [0.29, 0.717) is 19.4 Å². The molecule has 38 heavy (non-hydrogen) atoms. The zero-order chi connectivity index (χ0) is 27.1. The van der Waals surface area contributed by atoms with Crippen LogP contribution in [0.5, 0.6) is 0 Å². The van der Waals surface area contributed by atoms with E-state index in [9.17, 15) is 19.2 Å². The van der Waals surface area contributed by atoms with Crippen LogP contribution in [0.4, 0.5) is 0 Å². The van der Waals surface area contributed by atoms with Crippen molar-refractivity contribution >= 4 is 23.6 Å². The Morgan fingerprint density at radius 3 is 2.16 bits per heavy atom. The first-order valence-corrected chi connectivity index (χ1v) is 13.3. The number of hydrogen-bond acceptors (Lipinski definition) is 5. The fourth-order valence-electron chi connectivity index (χ4n) is 5.41. The second-order valence-corrected chi connectivity index (χ2v) is 10.2. The normalized spacial score (nSPS) is 20.8. The van der Waals surface area contributed by atoms with Crippen molar-refractivity contribution in [2.24, 2.45) is 5.73 Å². The van der Waals surface area contributed by atoms with E-state index in [4.69, 9.17) is 5.73 Å². The van der Waals surface area contributed by atoms with Gasteiger partial charge < -0.3 is 26.2 Å². The van der Waals surface area contributed by atoms with Gasteiger partial charge in [0, 0.05) is 25.4 Å². The van der Waals surface area contributed by atoms with Crippen LogP contribution < -0.4 is 16.4 Å². The van der Waals surface area contributed by atoms with Crippen LogP contribution in [0.2, 0.25) is 0 Å². The number of fused-ring (bicyclic) bond motifs is 1. The number of nitrogens with two attached hydrogens (primary N) is 1. The number of carbonyl (C=O) groups excluding carboxylic acids is 4. The Labute approximate surface area is 223 Å². The molecule has 0 aromatic heterocycles. The SMILES string of the molecule is CN1CCC(=O)N2[C@H](CC[C@H]2C(=O)N[C@@H](CCC(N)=O)C(=O)NC(c2ccccc2)c2ccccc2)CC1. The number of carbonyl (C=O) groups is 4. The Hall–Kier alpha value is -3.72. The summed E-state index contributed by atoms with van der Waals surface area (Å²) in [6.07, 6.45) is 2.48.